The summed E-state index contributed by atoms with van der Waals surface area (Å²) < 4.78 is 4.90. The highest BCUT2D eigenvalue weighted by Crippen LogP contribution is 2.17. The molecule has 1 rings (SSSR count). The third-order valence-corrected chi connectivity index (χ3v) is 2.18. The second-order valence-corrected chi connectivity index (χ2v) is 3.16. The molecule has 0 fully saturated rings. The Labute approximate surface area is 88.0 Å². The van der Waals surface area contributed by atoms with Gasteiger partial charge in [0.25, 0.3) is 0 Å². The van der Waals surface area contributed by atoms with Gasteiger partial charge in [-0.3, -0.25) is 0 Å². The number of rotatable bonds is 4. The normalized spacial score (nSPS) is 14.9. The number of thiol groups is 1. The Morgan fingerprint density at radius 3 is 2.79 bits per heavy atom. The monoisotopic (exact) mass is 215 g/mol. The van der Waals surface area contributed by atoms with Gasteiger partial charge < -0.3 is 14.9 Å². The summed E-state index contributed by atoms with van der Waals surface area (Å²) in [6.07, 6.45) is -1.94. The lowest BCUT2D eigenvalue weighted by Crippen LogP contribution is -2.20. The first-order valence-corrected chi connectivity index (χ1v) is 4.80. The van der Waals surface area contributed by atoms with Gasteiger partial charge in [-0.2, -0.15) is 12.6 Å². The van der Waals surface area contributed by atoms with Crippen molar-refractivity contribution in [3.8, 4) is 5.88 Å². The van der Waals surface area contributed by atoms with E-state index in [9.17, 15) is 10.2 Å². The molecule has 2 N–H and O–H groups in total. The summed E-state index contributed by atoms with van der Waals surface area (Å²) in [7, 11) is 1.49. The number of nitrogens with zero attached hydrogens (tertiary/aromatic N) is 1. The van der Waals surface area contributed by atoms with E-state index < -0.39 is 12.2 Å². The predicted octanol–water partition coefficient (Wildman–Crippen LogP) is 0.414. The Kier molecular flexibility index (Phi) is 4.19. The summed E-state index contributed by atoms with van der Waals surface area (Å²) in [5.41, 5.74) is 0.380. The van der Waals surface area contributed by atoms with Gasteiger partial charge in [-0.15, -0.1) is 0 Å². The average molecular weight is 215 g/mol. The van der Waals surface area contributed by atoms with Crippen LogP contribution in [0.3, 0.4) is 0 Å². The standard InChI is InChI=1S/C9H13NO3S/c1-13-8-4-2-3-6(10-8)9(12)7(11)5-14/h2-4,7,9,11-12,14H,5H2,1H3. The second kappa shape index (κ2) is 5.19. The zero-order chi connectivity index (χ0) is 10.6. The van der Waals surface area contributed by atoms with Crippen LogP contribution < -0.4 is 4.74 Å². The van der Waals surface area contributed by atoms with Gasteiger partial charge in [0, 0.05) is 11.8 Å². The third kappa shape index (κ3) is 2.60. The molecule has 1 aromatic heterocycles. The van der Waals surface area contributed by atoms with E-state index in [1.165, 1.54) is 7.11 Å². The van der Waals surface area contributed by atoms with E-state index >= 15 is 0 Å². The minimum Gasteiger partial charge on any atom is -0.481 e. The molecule has 4 nitrogen and oxygen atoms in total. The first-order chi connectivity index (χ1) is 6.69. The van der Waals surface area contributed by atoms with Crippen LogP contribution in [0.2, 0.25) is 0 Å². The highest BCUT2D eigenvalue weighted by atomic mass is 32.1. The largest absolute Gasteiger partial charge is 0.481 e. The Morgan fingerprint density at radius 2 is 2.21 bits per heavy atom. The zero-order valence-electron chi connectivity index (χ0n) is 7.79. The second-order valence-electron chi connectivity index (χ2n) is 2.80. The van der Waals surface area contributed by atoms with Crippen molar-refractivity contribution in [2.24, 2.45) is 0 Å². The molecule has 2 unspecified atom stereocenters. The van der Waals surface area contributed by atoms with Crippen LogP contribution in [0.5, 0.6) is 5.88 Å². The topological polar surface area (TPSA) is 62.6 Å². The van der Waals surface area contributed by atoms with Crippen LogP contribution in [0.15, 0.2) is 18.2 Å². The van der Waals surface area contributed by atoms with Crippen molar-refractivity contribution in [1.82, 2.24) is 4.98 Å². The fraction of sp³-hybridized carbons (Fsp3) is 0.444. The number of aliphatic hydroxyl groups is 2. The minimum atomic E-state index is -1.03. The summed E-state index contributed by atoms with van der Waals surface area (Å²) in [6.45, 7) is 0. The van der Waals surface area contributed by atoms with E-state index in [1.54, 1.807) is 18.2 Å². The third-order valence-electron chi connectivity index (χ3n) is 1.81. The van der Waals surface area contributed by atoms with Crippen molar-refractivity contribution >= 4 is 12.6 Å². The molecule has 0 bridgehead atoms. The van der Waals surface area contributed by atoms with E-state index in [0.29, 0.717) is 11.6 Å². The summed E-state index contributed by atoms with van der Waals surface area (Å²) in [5.74, 6) is 0.591. The molecule has 0 aliphatic carbocycles. The summed E-state index contributed by atoms with van der Waals surface area (Å²) >= 11 is 3.88. The van der Waals surface area contributed by atoms with E-state index in [2.05, 4.69) is 17.6 Å². The van der Waals surface area contributed by atoms with E-state index in [1.807, 2.05) is 0 Å². The van der Waals surface area contributed by atoms with Crippen molar-refractivity contribution in [2.45, 2.75) is 12.2 Å². The highest BCUT2D eigenvalue weighted by molar-refractivity contribution is 7.80. The number of pyridine rings is 1. The van der Waals surface area contributed by atoms with Gasteiger partial charge in [-0.05, 0) is 6.07 Å². The molecule has 78 valence electrons. The van der Waals surface area contributed by atoms with Gasteiger partial charge in [0.15, 0.2) is 0 Å². The number of hydrogen-bond donors (Lipinski definition) is 3. The molecule has 0 aromatic carbocycles. The van der Waals surface area contributed by atoms with E-state index in [0.717, 1.165) is 0 Å². The van der Waals surface area contributed by atoms with Crippen LogP contribution >= 0.6 is 12.6 Å². The lowest BCUT2D eigenvalue weighted by atomic mass is 10.1. The number of aromatic nitrogens is 1. The van der Waals surface area contributed by atoms with Crippen LogP contribution in [-0.4, -0.2) is 34.2 Å². The van der Waals surface area contributed by atoms with Gasteiger partial charge in [0.1, 0.15) is 6.10 Å². The van der Waals surface area contributed by atoms with Crippen LogP contribution in [0.25, 0.3) is 0 Å². The summed E-state index contributed by atoms with van der Waals surface area (Å²) in [4.78, 5) is 3.99. The molecular weight excluding hydrogens is 202 g/mol. The van der Waals surface area contributed by atoms with Crippen molar-refractivity contribution < 1.29 is 14.9 Å². The maximum atomic E-state index is 9.59. The lowest BCUT2D eigenvalue weighted by molar-refractivity contribution is 0.0307. The van der Waals surface area contributed by atoms with E-state index in [4.69, 9.17) is 4.74 Å². The van der Waals surface area contributed by atoms with Crippen molar-refractivity contribution in [1.29, 1.82) is 0 Å². The molecule has 0 aliphatic rings. The van der Waals surface area contributed by atoms with Crippen molar-refractivity contribution in [3.63, 3.8) is 0 Å². The van der Waals surface area contributed by atoms with Crippen LogP contribution in [0.1, 0.15) is 11.8 Å². The maximum Gasteiger partial charge on any atom is 0.213 e. The summed E-state index contributed by atoms with van der Waals surface area (Å²) in [6, 6.07) is 5.00. The van der Waals surface area contributed by atoms with Crippen molar-refractivity contribution in [3.05, 3.63) is 23.9 Å². The van der Waals surface area contributed by atoms with Crippen LogP contribution in [-0.2, 0) is 0 Å². The number of aliphatic hydroxyl groups excluding tert-OH is 2. The molecule has 0 saturated carbocycles. The minimum absolute atomic E-state index is 0.181. The molecule has 0 aliphatic heterocycles. The SMILES string of the molecule is COc1cccc(C(O)C(O)CS)n1. The Balaban J connectivity index is 2.83. The Hall–Kier alpha value is -0.780. The molecular formula is C9H13NO3S. The zero-order valence-corrected chi connectivity index (χ0v) is 8.69. The van der Waals surface area contributed by atoms with Gasteiger partial charge in [-0.1, -0.05) is 6.07 Å². The van der Waals surface area contributed by atoms with Crippen molar-refractivity contribution in [2.75, 3.05) is 12.9 Å². The quantitative estimate of drug-likeness (QED) is 0.637. The first kappa shape index (κ1) is 11.3. The fourth-order valence-corrected chi connectivity index (χ4v) is 1.21. The average Bonchev–Trinajstić information content (AvgIpc) is 2.27. The van der Waals surface area contributed by atoms with Crippen LogP contribution in [0, 0.1) is 0 Å². The molecule has 0 saturated heterocycles. The fourth-order valence-electron chi connectivity index (χ4n) is 1.01. The molecule has 0 spiro atoms. The molecule has 0 radical (unpaired) electrons. The number of hydrogen-bond acceptors (Lipinski definition) is 5. The number of methoxy groups -OCH3 is 1. The Morgan fingerprint density at radius 1 is 1.50 bits per heavy atom. The Bertz CT molecular complexity index is 295. The van der Waals surface area contributed by atoms with E-state index in [-0.39, 0.29) is 5.75 Å². The molecule has 0 amide bonds. The van der Waals surface area contributed by atoms with Gasteiger partial charge >= 0.3 is 0 Å². The maximum absolute atomic E-state index is 9.59. The number of ether oxygens (including phenoxy) is 1. The summed E-state index contributed by atoms with van der Waals surface area (Å²) in [5, 5.41) is 18.9. The molecule has 14 heavy (non-hydrogen) atoms. The predicted molar refractivity (Wildman–Crippen MR) is 55.6 cm³/mol. The van der Waals surface area contributed by atoms with Gasteiger partial charge in [-0.25, -0.2) is 4.98 Å². The molecule has 1 aromatic rings. The highest BCUT2D eigenvalue weighted by Gasteiger charge is 2.18. The van der Waals surface area contributed by atoms with Gasteiger partial charge in [0.2, 0.25) is 5.88 Å². The molecule has 1 heterocycles. The molecule has 5 heteroatoms. The van der Waals surface area contributed by atoms with Crippen LogP contribution in [0.4, 0.5) is 0 Å². The van der Waals surface area contributed by atoms with Gasteiger partial charge in [0.05, 0.1) is 18.9 Å². The molecule has 2 atom stereocenters. The smallest absolute Gasteiger partial charge is 0.213 e. The lowest BCUT2D eigenvalue weighted by Gasteiger charge is -2.15. The first-order valence-electron chi connectivity index (χ1n) is 4.17.